The van der Waals surface area contributed by atoms with E-state index < -0.39 is 0 Å². The molecule has 0 saturated carbocycles. The van der Waals surface area contributed by atoms with E-state index in [9.17, 15) is 0 Å². The molecule has 1 atom stereocenters. The zero-order valence-electron chi connectivity index (χ0n) is 12.1. The van der Waals surface area contributed by atoms with E-state index in [1.807, 2.05) is 19.0 Å². The van der Waals surface area contributed by atoms with Crippen LogP contribution in [0.4, 0.5) is 11.9 Å². The van der Waals surface area contributed by atoms with Crippen molar-refractivity contribution in [3.63, 3.8) is 0 Å². The third-order valence-electron chi connectivity index (χ3n) is 3.62. The van der Waals surface area contributed by atoms with Gasteiger partial charge in [0.05, 0.1) is 6.04 Å². The summed E-state index contributed by atoms with van der Waals surface area (Å²) >= 11 is 0. The largest absolute Gasteiger partial charge is 0.368 e. The highest BCUT2D eigenvalue weighted by Gasteiger charge is 2.21. The average Bonchev–Trinajstić information content (AvgIpc) is 2.65. The molecule has 1 saturated heterocycles. The molecule has 2 N–H and O–H groups in total. The minimum absolute atomic E-state index is 0.196. The minimum Gasteiger partial charge on any atom is -0.368 e. The maximum atomic E-state index is 5.79. The lowest BCUT2D eigenvalue weighted by molar-refractivity contribution is 0.211. The summed E-state index contributed by atoms with van der Waals surface area (Å²) in [5.74, 6) is 1.71. The Kier molecular flexibility index (Phi) is 4.52. The van der Waals surface area contributed by atoms with Gasteiger partial charge in [0.2, 0.25) is 11.9 Å². The van der Waals surface area contributed by atoms with Crippen molar-refractivity contribution < 1.29 is 0 Å². The molecule has 1 aliphatic rings. The second kappa shape index (κ2) is 6.14. The van der Waals surface area contributed by atoms with Gasteiger partial charge in [0.25, 0.3) is 0 Å². The SMILES string of the molecule is C[C@@H](c1nc(N)nc(N(C)C)n1)N1CCCCCC1. The van der Waals surface area contributed by atoms with Crippen LogP contribution in [0.2, 0.25) is 0 Å². The fourth-order valence-electron chi connectivity index (χ4n) is 2.43. The van der Waals surface area contributed by atoms with E-state index in [2.05, 4.69) is 26.8 Å². The Bertz CT molecular complexity index is 412. The van der Waals surface area contributed by atoms with Gasteiger partial charge in [0, 0.05) is 14.1 Å². The first-order valence-corrected chi connectivity index (χ1v) is 7.01. The molecule has 1 fully saturated rings. The van der Waals surface area contributed by atoms with Crippen LogP contribution in [0.15, 0.2) is 0 Å². The lowest BCUT2D eigenvalue weighted by Gasteiger charge is -2.26. The summed E-state index contributed by atoms with van der Waals surface area (Å²) < 4.78 is 0. The number of nitrogen functional groups attached to an aromatic ring is 1. The van der Waals surface area contributed by atoms with Crippen LogP contribution < -0.4 is 10.6 Å². The van der Waals surface area contributed by atoms with Crippen LogP contribution in [0, 0.1) is 0 Å². The number of hydrogen-bond acceptors (Lipinski definition) is 6. The third kappa shape index (κ3) is 3.53. The van der Waals surface area contributed by atoms with Crippen LogP contribution in [-0.4, -0.2) is 47.0 Å². The Hall–Kier alpha value is -1.43. The first-order chi connectivity index (χ1) is 9.08. The van der Waals surface area contributed by atoms with E-state index in [1.54, 1.807) is 0 Å². The lowest BCUT2D eigenvalue weighted by Crippen LogP contribution is -2.30. The molecule has 6 heteroatoms. The summed E-state index contributed by atoms with van der Waals surface area (Å²) in [6, 6.07) is 0.196. The predicted octanol–water partition coefficient (Wildman–Crippen LogP) is 1.46. The highest BCUT2D eigenvalue weighted by Crippen LogP contribution is 2.22. The van der Waals surface area contributed by atoms with Gasteiger partial charge in [-0.1, -0.05) is 12.8 Å². The number of nitrogens with zero attached hydrogens (tertiary/aromatic N) is 5. The van der Waals surface area contributed by atoms with E-state index in [4.69, 9.17) is 5.73 Å². The zero-order valence-corrected chi connectivity index (χ0v) is 12.1. The molecule has 6 nitrogen and oxygen atoms in total. The molecule has 1 aliphatic heterocycles. The van der Waals surface area contributed by atoms with Crippen molar-refractivity contribution in [3.05, 3.63) is 5.82 Å². The van der Waals surface area contributed by atoms with Crippen LogP contribution in [0.5, 0.6) is 0 Å². The molecule has 19 heavy (non-hydrogen) atoms. The van der Waals surface area contributed by atoms with E-state index in [1.165, 1.54) is 25.7 Å². The molecule has 0 aromatic carbocycles. The van der Waals surface area contributed by atoms with E-state index in [0.717, 1.165) is 18.9 Å². The standard InChI is InChI=1S/C13H24N6/c1-10(19-8-6-4-5-7-9-19)11-15-12(14)17-13(16-11)18(2)3/h10H,4-9H2,1-3H3,(H2,14,15,16,17)/t10-/m0/s1. The number of anilines is 2. The zero-order chi connectivity index (χ0) is 13.8. The first-order valence-electron chi connectivity index (χ1n) is 7.01. The highest BCUT2D eigenvalue weighted by molar-refractivity contribution is 5.33. The van der Waals surface area contributed by atoms with Gasteiger partial charge < -0.3 is 10.6 Å². The molecule has 0 bridgehead atoms. The topological polar surface area (TPSA) is 71.2 Å². The van der Waals surface area contributed by atoms with Gasteiger partial charge in [0.1, 0.15) is 0 Å². The molecule has 2 heterocycles. The van der Waals surface area contributed by atoms with Gasteiger partial charge in [-0.2, -0.15) is 15.0 Å². The molecule has 2 rings (SSSR count). The first kappa shape index (κ1) is 14.0. The molecule has 0 spiro atoms. The Morgan fingerprint density at radius 2 is 1.68 bits per heavy atom. The maximum absolute atomic E-state index is 5.79. The second-order valence-electron chi connectivity index (χ2n) is 5.37. The summed E-state index contributed by atoms with van der Waals surface area (Å²) in [5.41, 5.74) is 5.79. The Balaban J connectivity index is 2.19. The third-order valence-corrected chi connectivity index (χ3v) is 3.62. The van der Waals surface area contributed by atoms with Gasteiger partial charge in [-0.25, -0.2) is 0 Å². The average molecular weight is 264 g/mol. The molecular formula is C13H24N6. The summed E-state index contributed by atoms with van der Waals surface area (Å²) in [7, 11) is 3.82. The molecule has 0 radical (unpaired) electrons. The second-order valence-corrected chi connectivity index (χ2v) is 5.37. The van der Waals surface area contributed by atoms with Gasteiger partial charge >= 0.3 is 0 Å². The maximum Gasteiger partial charge on any atom is 0.229 e. The van der Waals surface area contributed by atoms with Gasteiger partial charge in [-0.15, -0.1) is 0 Å². The van der Waals surface area contributed by atoms with Crippen molar-refractivity contribution >= 4 is 11.9 Å². The normalized spacial score (nSPS) is 18.9. The molecular weight excluding hydrogens is 240 g/mol. The number of aromatic nitrogens is 3. The van der Waals surface area contributed by atoms with Crippen molar-refractivity contribution in [1.82, 2.24) is 19.9 Å². The molecule has 1 aromatic heterocycles. The highest BCUT2D eigenvalue weighted by atomic mass is 15.3. The number of likely N-dealkylation sites (tertiary alicyclic amines) is 1. The van der Waals surface area contributed by atoms with Crippen LogP contribution in [0.3, 0.4) is 0 Å². The molecule has 0 aliphatic carbocycles. The van der Waals surface area contributed by atoms with Crippen LogP contribution in [0.1, 0.15) is 44.5 Å². The number of hydrogen-bond donors (Lipinski definition) is 1. The van der Waals surface area contributed by atoms with Gasteiger partial charge in [-0.3, -0.25) is 4.90 Å². The number of rotatable bonds is 3. The van der Waals surface area contributed by atoms with Crippen molar-refractivity contribution in [2.75, 3.05) is 37.8 Å². The van der Waals surface area contributed by atoms with Crippen molar-refractivity contribution in [2.45, 2.75) is 38.6 Å². The summed E-state index contributed by atoms with van der Waals surface area (Å²) in [5, 5.41) is 0. The summed E-state index contributed by atoms with van der Waals surface area (Å²) in [6.45, 7) is 4.38. The fraction of sp³-hybridized carbons (Fsp3) is 0.769. The van der Waals surface area contributed by atoms with E-state index in [-0.39, 0.29) is 6.04 Å². The number of nitrogens with two attached hydrogens (primary N) is 1. The smallest absolute Gasteiger partial charge is 0.229 e. The molecule has 106 valence electrons. The van der Waals surface area contributed by atoms with E-state index in [0.29, 0.717) is 11.9 Å². The molecule has 1 aromatic rings. The molecule has 0 amide bonds. The van der Waals surface area contributed by atoms with Gasteiger partial charge in [0.15, 0.2) is 5.82 Å². The van der Waals surface area contributed by atoms with Crippen molar-refractivity contribution in [3.8, 4) is 0 Å². The van der Waals surface area contributed by atoms with Crippen LogP contribution in [0.25, 0.3) is 0 Å². The monoisotopic (exact) mass is 264 g/mol. The van der Waals surface area contributed by atoms with Crippen LogP contribution >= 0.6 is 0 Å². The Morgan fingerprint density at radius 1 is 1.05 bits per heavy atom. The summed E-state index contributed by atoms with van der Waals surface area (Å²) in [6.07, 6.45) is 5.16. The molecule has 0 unspecified atom stereocenters. The lowest BCUT2D eigenvalue weighted by atomic mass is 10.2. The fourth-order valence-corrected chi connectivity index (χ4v) is 2.43. The minimum atomic E-state index is 0.196. The summed E-state index contributed by atoms with van der Waals surface area (Å²) in [4.78, 5) is 17.3. The van der Waals surface area contributed by atoms with Crippen molar-refractivity contribution in [2.24, 2.45) is 0 Å². The Morgan fingerprint density at radius 3 is 2.26 bits per heavy atom. The van der Waals surface area contributed by atoms with E-state index >= 15 is 0 Å². The quantitative estimate of drug-likeness (QED) is 0.891. The van der Waals surface area contributed by atoms with Crippen LogP contribution in [-0.2, 0) is 0 Å². The predicted molar refractivity (Wildman–Crippen MR) is 77.0 cm³/mol. The van der Waals surface area contributed by atoms with Crippen molar-refractivity contribution in [1.29, 1.82) is 0 Å². The Labute approximate surface area is 115 Å². The van der Waals surface area contributed by atoms with Gasteiger partial charge in [-0.05, 0) is 32.9 Å².